The molecule has 0 saturated heterocycles. The van der Waals surface area contributed by atoms with E-state index in [9.17, 15) is 0 Å². The molecule has 39 valence electrons. The quantitative estimate of drug-likeness (QED) is 0.411. The Hall–Kier alpha value is 0.920. The third-order valence-corrected chi connectivity index (χ3v) is 0.730. The van der Waals surface area contributed by atoms with Crippen molar-refractivity contribution in [2.24, 2.45) is 0 Å². The Morgan fingerprint density at radius 3 is 1.57 bits per heavy atom. The van der Waals surface area contributed by atoms with E-state index in [0.717, 1.165) is 13.1 Å². The van der Waals surface area contributed by atoms with E-state index in [1.165, 1.54) is 5.06 Å². The second-order valence-corrected chi connectivity index (χ2v) is 1.14. The standard InChI is InChI=1S/C4H11NO.Na/c1-3-5(6)4-2;/h6H,3-4H2,1-2H3;. The van der Waals surface area contributed by atoms with Crippen molar-refractivity contribution in [1.29, 1.82) is 0 Å². The first-order valence-corrected chi connectivity index (χ1v) is 2.25. The summed E-state index contributed by atoms with van der Waals surface area (Å²) in [4.78, 5) is 0. The first-order chi connectivity index (χ1) is 2.81. The van der Waals surface area contributed by atoms with Crippen molar-refractivity contribution in [2.75, 3.05) is 13.1 Å². The summed E-state index contributed by atoms with van der Waals surface area (Å²) in [6.45, 7) is 5.25. The molecular weight excluding hydrogens is 101 g/mol. The van der Waals surface area contributed by atoms with Crippen LogP contribution in [0.3, 0.4) is 0 Å². The SMILES string of the molecule is CCN(O)CC.[Na]. The molecule has 1 radical (unpaired) electrons. The molecular formula is C4H11NNaO. The fourth-order valence-electron chi connectivity index (χ4n) is 0.224. The summed E-state index contributed by atoms with van der Waals surface area (Å²) in [5.41, 5.74) is 0. The minimum absolute atomic E-state index is 0. The van der Waals surface area contributed by atoms with Gasteiger partial charge in [0, 0.05) is 42.6 Å². The van der Waals surface area contributed by atoms with E-state index in [2.05, 4.69) is 0 Å². The minimum atomic E-state index is 0. The third-order valence-electron chi connectivity index (χ3n) is 0.730. The Morgan fingerprint density at radius 2 is 1.57 bits per heavy atom. The van der Waals surface area contributed by atoms with Crippen LogP contribution in [-0.2, 0) is 0 Å². The van der Waals surface area contributed by atoms with Gasteiger partial charge in [0.05, 0.1) is 0 Å². The van der Waals surface area contributed by atoms with Gasteiger partial charge in [0.1, 0.15) is 0 Å². The monoisotopic (exact) mass is 112 g/mol. The molecule has 2 nitrogen and oxygen atoms in total. The Kier molecular flexibility index (Phi) is 10.7. The van der Waals surface area contributed by atoms with Gasteiger partial charge in [-0.3, -0.25) is 0 Å². The van der Waals surface area contributed by atoms with Gasteiger partial charge in [-0.15, -0.1) is 0 Å². The van der Waals surface area contributed by atoms with E-state index in [1.54, 1.807) is 0 Å². The maximum absolute atomic E-state index is 8.50. The van der Waals surface area contributed by atoms with Gasteiger partial charge in [0.2, 0.25) is 0 Å². The molecule has 0 spiro atoms. The zero-order chi connectivity index (χ0) is 4.99. The number of nitrogens with zero attached hydrogens (tertiary/aromatic N) is 1. The molecule has 0 saturated carbocycles. The summed E-state index contributed by atoms with van der Waals surface area (Å²) < 4.78 is 0. The number of hydrogen-bond acceptors (Lipinski definition) is 2. The second kappa shape index (κ2) is 6.92. The average Bonchev–Trinajstić information content (AvgIpc) is 1.65. The maximum Gasteiger partial charge on any atom is 0.0209 e. The van der Waals surface area contributed by atoms with E-state index in [0.29, 0.717) is 0 Å². The molecule has 0 unspecified atom stereocenters. The van der Waals surface area contributed by atoms with Crippen LogP contribution in [0.2, 0.25) is 0 Å². The van der Waals surface area contributed by atoms with Crippen molar-refractivity contribution in [1.82, 2.24) is 5.06 Å². The number of hydrogen-bond donors (Lipinski definition) is 1. The van der Waals surface area contributed by atoms with Crippen LogP contribution in [0.5, 0.6) is 0 Å². The summed E-state index contributed by atoms with van der Waals surface area (Å²) in [5.74, 6) is 0. The molecule has 0 aromatic heterocycles. The smallest absolute Gasteiger partial charge is 0.0209 e. The molecule has 0 aliphatic heterocycles. The van der Waals surface area contributed by atoms with Crippen LogP contribution < -0.4 is 0 Å². The van der Waals surface area contributed by atoms with Gasteiger partial charge in [-0.1, -0.05) is 13.8 Å². The molecule has 0 heterocycles. The van der Waals surface area contributed by atoms with Crippen molar-refractivity contribution in [3.63, 3.8) is 0 Å². The van der Waals surface area contributed by atoms with Gasteiger partial charge in [-0.25, -0.2) is 0 Å². The first-order valence-electron chi connectivity index (χ1n) is 2.25. The predicted octanol–water partition coefficient (Wildman–Crippen LogP) is 0.337. The van der Waals surface area contributed by atoms with Crippen molar-refractivity contribution in [2.45, 2.75) is 13.8 Å². The van der Waals surface area contributed by atoms with Crippen LogP contribution >= 0.6 is 0 Å². The summed E-state index contributed by atoms with van der Waals surface area (Å²) in [7, 11) is 0. The topological polar surface area (TPSA) is 23.5 Å². The Labute approximate surface area is 66.8 Å². The van der Waals surface area contributed by atoms with Gasteiger partial charge >= 0.3 is 0 Å². The van der Waals surface area contributed by atoms with Crippen molar-refractivity contribution in [3.05, 3.63) is 0 Å². The van der Waals surface area contributed by atoms with Gasteiger partial charge in [-0.05, 0) is 0 Å². The molecule has 3 heteroatoms. The molecule has 0 aliphatic rings. The van der Waals surface area contributed by atoms with E-state index in [-0.39, 0.29) is 29.6 Å². The molecule has 1 N–H and O–H groups in total. The molecule has 0 bridgehead atoms. The predicted molar refractivity (Wildman–Crippen MR) is 30.5 cm³/mol. The zero-order valence-electron chi connectivity index (χ0n) is 5.31. The van der Waals surface area contributed by atoms with Crippen LogP contribution in [-0.4, -0.2) is 52.9 Å². The van der Waals surface area contributed by atoms with Crippen LogP contribution in [0.25, 0.3) is 0 Å². The fourth-order valence-corrected chi connectivity index (χ4v) is 0.224. The third kappa shape index (κ3) is 6.92. The van der Waals surface area contributed by atoms with Crippen LogP contribution in [0, 0.1) is 0 Å². The summed E-state index contributed by atoms with van der Waals surface area (Å²) in [5, 5.41) is 9.75. The molecule has 7 heavy (non-hydrogen) atoms. The maximum atomic E-state index is 8.50. The summed E-state index contributed by atoms with van der Waals surface area (Å²) >= 11 is 0. The second-order valence-electron chi connectivity index (χ2n) is 1.14. The van der Waals surface area contributed by atoms with Gasteiger partial charge in [0.15, 0.2) is 0 Å². The van der Waals surface area contributed by atoms with Gasteiger partial charge < -0.3 is 5.21 Å². The first kappa shape index (κ1) is 10.8. The Balaban J connectivity index is 0. The molecule has 0 aromatic rings. The molecule has 0 rings (SSSR count). The fraction of sp³-hybridized carbons (Fsp3) is 1.00. The van der Waals surface area contributed by atoms with Gasteiger partial charge in [-0.2, -0.15) is 5.06 Å². The minimum Gasteiger partial charge on any atom is -0.314 e. The number of hydroxylamine groups is 2. The Morgan fingerprint density at radius 1 is 1.29 bits per heavy atom. The van der Waals surface area contributed by atoms with Crippen LogP contribution in [0.1, 0.15) is 13.8 Å². The van der Waals surface area contributed by atoms with Crippen LogP contribution in [0.15, 0.2) is 0 Å². The van der Waals surface area contributed by atoms with Crippen LogP contribution in [0.4, 0.5) is 0 Å². The normalized spacial score (nSPS) is 8.57. The van der Waals surface area contributed by atoms with Crippen molar-refractivity contribution < 1.29 is 5.21 Å². The largest absolute Gasteiger partial charge is 0.314 e. The van der Waals surface area contributed by atoms with Crippen molar-refractivity contribution >= 4 is 29.6 Å². The average molecular weight is 112 g/mol. The number of rotatable bonds is 2. The molecule has 0 atom stereocenters. The van der Waals surface area contributed by atoms with Gasteiger partial charge in [0.25, 0.3) is 0 Å². The molecule has 0 aromatic carbocycles. The summed E-state index contributed by atoms with van der Waals surface area (Å²) in [6, 6.07) is 0. The molecule has 0 amide bonds. The van der Waals surface area contributed by atoms with E-state index >= 15 is 0 Å². The molecule has 0 aliphatic carbocycles. The Bertz CT molecular complexity index is 30.9. The zero-order valence-corrected chi connectivity index (χ0v) is 7.31. The van der Waals surface area contributed by atoms with E-state index in [4.69, 9.17) is 5.21 Å². The van der Waals surface area contributed by atoms with E-state index < -0.39 is 0 Å². The molecule has 0 fully saturated rings. The van der Waals surface area contributed by atoms with E-state index in [1.807, 2.05) is 13.8 Å². The summed E-state index contributed by atoms with van der Waals surface area (Å²) in [6.07, 6.45) is 0. The van der Waals surface area contributed by atoms with Crippen molar-refractivity contribution in [3.8, 4) is 0 Å².